The van der Waals surface area contributed by atoms with Crippen molar-refractivity contribution in [3.63, 3.8) is 0 Å². The maximum absolute atomic E-state index is 12.0. The summed E-state index contributed by atoms with van der Waals surface area (Å²) in [5.41, 5.74) is 3.84. The van der Waals surface area contributed by atoms with Gasteiger partial charge < -0.3 is 19.4 Å². The second kappa shape index (κ2) is 9.04. The summed E-state index contributed by atoms with van der Waals surface area (Å²) >= 11 is 0. The summed E-state index contributed by atoms with van der Waals surface area (Å²) in [7, 11) is 6.02. The van der Waals surface area contributed by atoms with Gasteiger partial charge in [-0.15, -0.1) is 0 Å². The van der Waals surface area contributed by atoms with Crippen molar-refractivity contribution < 1.29 is 19.4 Å². The van der Waals surface area contributed by atoms with Crippen LogP contribution < -0.4 is 20.6 Å². The molecule has 1 atom stereocenters. The van der Waals surface area contributed by atoms with Gasteiger partial charge in [0.25, 0.3) is 0 Å². The molecule has 148 valence electrons. The molecule has 0 fully saturated rings. The third kappa shape index (κ3) is 4.61. The van der Waals surface area contributed by atoms with Crippen molar-refractivity contribution in [1.82, 2.24) is 0 Å². The van der Waals surface area contributed by atoms with Crippen LogP contribution >= 0.6 is 0 Å². The van der Waals surface area contributed by atoms with Gasteiger partial charge in [-0.1, -0.05) is 31.2 Å². The number of benzene rings is 2. The Kier molecular flexibility index (Phi) is 6.49. The Bertz CT molecular complexity index is 995. The molecule has 0 saturated carbocycles. The number of hydrogen-bond donors (Lipinski definition) is 2. The summed E-state index contributed by atoms with van der Waals surface area (Å²) in [6, 6.07) is 16.3. The number of nitrogens with two attached hydrogens (primary N) is 1. The molecule has 1 heterocycles. The molecule has 0 aliphatic heterocycles. The zero-order valence-corrected chi connectivity index (χ0v) is 17.1. The van der Waals surface area contributed by atoms with E-state index in [0.29, 0.717) is 11.6 Å². The van der Waals surface area contributed by atoms with Crippen molar-refractivity contribution in [1.29, 1.82) is 0 Å². The maximum Gasteiger partial charge on any atom is 0.336 e. The van der Waals surface area contributed by atoms with Gasteiger partial charge in [-0.3, -0.25) is 0 Å². The van der Waals surface area contributed by atoms with Gasteiger partial charge in [-0.2, -0.15) is 0 Å². The number of ether oxygens (including phenoxy) is 1. The van der Waals surface area contributed by atoms with Crippen LogP contribution in [0.25, 0.3) is 11.0 Å². The van der Waals surface area contributed by atoms with Crippen molar-refractivity contribution in [3.8, 4) is 5.75 Å². The molecule has 0 amide bonds. The number of quaternary nitrogens is 2. The first-order chi connectivity index (χ1) is 13.5. The Morgan fingerprint density at radius 3 is 2.68 bits per heavy atom. The zero-order valence-electron chi connectivity index (χ0n) is 17.1. The Morgan fingerprint density at radius 1 is 1.14 bits per heavy atom. The number of rotatable bonds is 8. The highest BCUT2D eigenvalue weighted by Crippen LogP contribution is 2.19. The number of likely N-dealkylation sites (N-methyl/N-ethyl adjacent to an activating group) is 1. The predicted octanol–water partition coefficient (Wildman–Crippen LogP) is 1.31. The standard InChI is InChI=1S/C23H28N2O3/c1-5-16-9-10-20-18(13-23(26)28-22(20)11-16)14-24-15-21(25(2)3)17-7-6-8-19(12-17)27-4/h6-13,21,24H,5,14-15H2,1-4H3/p+2/t21-/m0/s1. The third-order valence-corrected chi connectivity index (χ3v) is 5.26. The summed E-state index contributed by atoms with van der Waals surface area (Å²) in [4.78, 5) is 13.4. The number of hydrogen-bond acceptors (Lipinski definition) is 3. The highest BCUT2D eigenvalue weighted by Gasteiger charge is 2.20. The minimum Gasteiger partial charge on any atom is -0.497 e. The van der Waals surface area contributed by atoms with E-state index < -0.39 is 0 Å². The zero-order chi connectivity index (χ0) is 20.1. The summed E-state index contributed by atoms with van der Waals surface area (Å²) in [5.74, 6) is 0.877. The van der Waals surface area contributed by atoms with Crippen molar-refractivity contribution >= 4 is 11.0 Å². The van der Waals surface area contributed by atoms with E-state index in [4.69, 9.17) is 9.15 Å². The van der Waals surface area contributed by atoms with E-state index in [1.807, 2.05) is 18.2 Å². The Hall–Kier alpha value is -2.63. The van der Waals surface area contributed by atoms with E-state index in [2.05, 4.69) is 50.6 Å². The van der Waals surface area contributed by atoms with E-state index in [0.717, 1.165) is 36.2 Å². The first-order valence-electron chi connectivity index (χ1n) is 9.83. The number of nitrogens with one attached hydrogen (secondary N) is 1. The normalized spacial score (nSPS) is 12.5. The average Bonchev–Trinajstić information content (AvgIpc) is 2.70. The maximum atomic E-state index is 12.0. The van der Waals surface area contributed by atoms with Crippen LogP contribution in [-0.2, 0) is 13.0 Å². The molecular formula is C23H30N2O3+2. The molecule has 0 aliphatic carbocycles. The molecule has 0 bridgehead atoms. The SMILES string of the molecule is CCc1ccc2c(C[NH2+]C[C@@H](c3cccc(OC)c3)[NH+](C)C)cc(=O)oc2c1. The molecule has 0 aliphatic rings. The largest absolute Gasteiger partial charge is 0.497 e. The van der Waals surface area contributed by atoms with Gasteiger partial charge in [-0.05, 0) is 30.2 Å². The monoisotopic (exact) mass is 382 g/mol. The van der Waals surface area contributed by atoms with Gasteiger partial charge >= 0.3 is 5.63 Å². The van der Waals surface area contributed by atoms with Crippen LogP contribution in [0, 0.1) is 0 Å². The van der Waals surface area contributed by atoms with Crippen molar-refractivity contribution in [3.05, 3.63) is 75.6 Å². The van der Waals surface area contributed by atoms with Crippen LogP contribution in [0.4, 0.5) is 0 Å². The average molecular weight is 383 g/mol. The van der Waals surface area contributed by atoms with E-state index in [1.54, 1.807) is 13.2 Å². The van der Waals surface area contributed by atoms with Crippen LogP contribution in [-0.4, -0.2) is 27.7 Å². The lowest BCUT2D eigenvalue weighted by Gasteiger charge is -2.21. The molecule has 28 heavy (non-hydrogen) atoms. The molecular weight excluding hydrogens is 352 g/mol. The molecule has 3 rings (SSSR count). The van der Waals surface area contributed by atoms with Crippen LogP contribution in [0.15, 0.2) is 57.7 Å². The molecule has 1 aromatic heterocycles. The van der Waals surface area contributed by atoms with Crippen LogP contribution in [0.2, 0.25) is 0 Å². The van der Waals surface area contributed by atoms with Gasteiger partial charge in [0.05, 0.1) is 21.2 Å². The molecule has 5 heteroatoms. The van der Waals surface area contributed by atoms with Gasteiger partial charge in [-0.25, -0.2) is 4.79 Å². The second-order valence-corrected chi connectivity index (χ2v) is 7.41. The summed E-state index contributed by atoms with van der Waals surface area (Å²) in [6.07, 6.45) is 0.920. The molecule has 2 aromatic carbocycles. The lowest BCUT2D eigenvalue weighted by atomic mass is 10.0. The fraction of sp³-hybridized carbons (Fsp3) is 0.348. The van der Waals surface area contributed by atoms with Gasteiger partial charge in [0.15, 0.2) is 6.04 Å². The van der Waals surface area contributed by atoms with Crippen molar-refractivity contribution in [2.45, 2.75) is 25.9 Å². The topological polar surface area (TPSA) is 60.5 Å². The molecule has 3 aromatic rings. The molecule has 0 radical (unpaired) electrons. The Labute approximate surface area is 165 Å². The van der Waals surface area contributed by atoms with E-state index in [1.165, 1.54) is 16.0 Å². The molecule has 5 nitrogen and oxygen atoms in total. The number of fused-ring (bicyclic) bond motifs is 1. The third-order valence-electron chi connectivity index (χ3n) is 5.26. The Morgan fingerprint density at radius 2 is 1.96 bits per heavy atom. The van der Waals surface area contributed by atoms with Crippen molar-refractivity contribution in [2.24, 2.45) is 0 Å². The summed E-state index contributed by atoms with van der Waals surface area (Å²) in [5, 5.41) is 3.28. The highest BCUT2D eigenvalue weighted by atomic mass is 16.5. The minimum atomic E-state index is -0.285. The van der Waals surface area contributed by atoms with Gasteiger partial charge in [0.1, 0.15) is 24.4 Å². The predicted molar refractivity (Wildman–Crippen MR) is 111 cm³/mol. The number of methoxy groups -OCH3 is 1. The highest BCUT2D eigenvalue weighted by molar-refractivity contribution is 5.80. The lowest BCUT2D eigenvalue weighted by Crippen LogP contribution is -3.09. The second-order valence-electron chi connectivity index (χ2n) is 7.41. The first-order valence-corrected chi connectivity index (χ1v) is 9.83. The minimum absolute atomic E-state index is 0.285. The molecule has 0 spiro atoms. The fourth-order valence-electron chi connectivity index (χ4n) is 3.63. The quantitative estimate of drug-likeness (QED) is 0.578. The molecule has 3 N–H and O–H groups in total. The smallest absolute Gasteiger partial charge is 0.336 e. The van der Waals surface area contributed by atoms with Gasteiger partial charge in [0, 0.05) is 22.6 Å². The molecule has 0 unspecified atom stereocenters. The molecule has 0 saturated heterocycles. The summed E-state index contributed by atoms with van der Waals surface area (Å²) < 4.78 is 10.8. The van der Waals surface area contributed by atoms with Crippen LogP contribution in [0.3, 0.4) is 0 Å². The fourth-order valence-corrected chi connectivity index (χ4v) is 3.63. The van der Waals surface area contributed by atoms with E-state index >= 15 is 0 Å². The lowest BCUT2D eigenvalue weighted by molar-refractivity contribution is -0.910. The Balaban J connectivity index is 1.78. The van der Waals surface area contributed by atoms with E-state index in [-0.39, 0.29) is 5.63 Å². The van der Waals surface area contributed by atoms with Gasteiger partial charge in [0.2, 0.25) is 0 Å². The van der Waals surface area contributed by atoms with E-state index in [9.17, 15) is 4.79 Å². The number of aryl methyl sites for hydroxylation is 1. The van der Waals surface area contributed by atoms with Crippen LogP contribution in [0.1, 0.15) is 29.7 Å². The first kappa shape index (κ1) is 20.1. The summed E-state index contributed by atoms with van der Waals surface area (Å²) in [6.45, 7) is 3.74. The van der Waals surface area contributed by atoms with Crippen LogP contribution in [0.5, 0.6) is 5.75 Å². The van der Waals surface area contributed by atoms with Crippen molar-refractivity contribution in [2.75, 3.05) is 27.7 Å².